The van der Waals surface area contributed by atoms with Gasteiger partial charge in [0.25, 0.3) is 5.91 Å². The molecule has 1 amide bonds. The molecule has 0 radical (unpaired) electrons. The lowest BCUT2D eigenvalue weighted by molar-refractivity contribution is -0.122. The van der Waals surface area contributed by atoms with E-state index in [0.29, 0.717) is 15.8 Å². The fourth-order valence-corrected chi connectivity index (χ4v) is 4.96. The number of rotatable bonds is 6. The van der Waals surface area contributed by atoms with Gasteiger partial charge in [-0.05, 0) is 42.3 Å². The van der Waals surface area contributed by atoms with Crippen molar-refractivity contribution < 1.29 is 4.79 Å². The minimum absolute atomic E-state index is 0.0610. The first-order valence-electron chi connectivity index (χ1n) is 10.5. The predicted octanol–water partition coefficient (Wildman–Crippen LogP) is 5.38. The summed E-state index contributed by atoms with van der Waals surface area (Å²) >= 11 is 6.87. The quantitative estimate of drug-likeness (QED) is 0.281. The Morgan fingerprint density at radius 1 is 0.939 bits per heavy atom. The van der Waals surface area contributed by atoms with Crippen LogP contribution in [-0.2, 0) is 11.2 Å². The first kappa shape index (κ1) is 21.3. The molecule has 1 aliphatic rings. The number of pyridine rings is 1. The molecular formula is C26H20N4OS2. The number of nitrogens with zero attached hydrogens (tertiary/aromatic N) is 4. The van der Waals surface area contributed by atoms with E-state index in [4.69, 9.17) is 17.3 Å². The van der Waals surface area contributed by atoms with Gasteiger partial charge in [0.15, 0.2) is 0 Å². The van der Waals surface area contributed by atoms with E-state index in [2.05, 4.69) is 17.1 Å². The maximum atomic E-state index is 13.2. The van der Waals surface area contributed by atoms with E-state index in [0.717, 1.165) is 28.9 Å². The van der Waals surface area contributed by atoms with Crippen LogP contribution in [0.1, 0.15) is 11.1 Å². The summed E-state index contributed by atoms with van der Waals surface area (Å²) in [4.78, 5) is 19.6. The third kappa shape index (κ3) is 4.65. The molecule has 5 rings (SSSR count). The van der Waals surface area contributed by atoms with Gasteiger partial charge in [0.1, 0.15) is 10.0 Å². The fourth-order valence-electron chi connectivity index (χ4n) is 3.66. The molecule has 5 nitrogen and oxygen atoms in total. The summed E-state index contributed by atoms with van der Waals surface area (Å²) in [6, 6.07) is 23.9. The molecule has 0 aliphatic carbocycles. The highest BCUT2D eigenvalue weighted by Crippen LogP contribution is 2.34. The van der Waals surface area contributed by atoms with Crippen LogP contribution in [-0.4, -0.2) is 36.4 Å². The second-order valence-electron chi connectivity index (χ2n) is 7.52. The lowest BCUT2D eigenvalue weighted by Gasteiger charge is -2.14. The molecule has 2 aromatic carbocycles. The van der Waals surface area contributed by atoms with Crippen molar-refractivity contribution in [1.29, 1.82) is 0 Å². The summed E-state index contributed by atoms with van der Waals surface area (Å²) in [6.07, 6.45) is 8.08. The molecule has 1 fully saturated rings. The smallest absolute Gasteiger partial charge is 0.266 e. The van der Waals surface area contributed by atoms with E-state index in [9.17, 15) is 4.79 Å². The van der Waals surface area contributed by atoms with Gasteiger partial charge < -0.3 is 0 Å². The van der Waals surface area contributed by atoms with Crippen molar-refractivity contribution in [3.05, 3.63) is 107 Å². The molecule has 0 N–H and O–H groups in total. The molecule has 33 heavy (non-hydrogen) atoms. The van der Waals surface area contributed by atoms with Crippen molar-refractivity contribution in [2.45, 2.75) is 6.42 Å². The zero-order chi connectivity index (χ0) is 22.6. The Morgan fingerprint density at radius 3 is 2.36 bits per heavy atom. The summed E-state index contributed by atoms with van der Waals surface area (Å²) in [5, 5.41) is 4.81. The minimum atomic E-state index is -0.0610. The van der Waals surface area contributed by atoms with Gasteiger partial charge in [0, 0.05) is 36.3 Å². The Balaban J connectivity index is 1.46. The van der Waals surface area contributed by atoms with Crippen LogP contribution in [0.2, 0.25) is 0 Å². The second-order valence-corrected chi connectivity index (χ2v) is 9.19. The van der Waals surface area contributed by atoms with Crippen molar-refractivity contribution in [2.24, 2.45) is 0 Å². The Hall–Kier alpha value is -3.55. The van der Waals surface area contributed by atoms with Crippen molar-refractivity contribution in [3.63, 3.8) is 0 Å². The number of benzene rings is 2. The Kier molecular flexibility index (Phi) is 6.15. The molecule has 7 heteroatoms. The predicted molar refractivity (Wildman–Crippen MR) is 137 cm³/mol. The van der Waals surface area contributed by atoms with Crippen LogP contribution in [0.25, 0.3) is 23.0 Å². The maximum absolute atomic E-state index is 13.2. The number of carbonyl (C=O) groups excluding carboxylic acids is 1. The number of carbonyl (C=O) groups is 1. The largest absolute Gasteiger partial charge is 0.293 e. The molecule has 0 spiro atoms. The Bertz CT molecular complexity index is 1320. The van der Waals surface area contributed by atoms with Gasteiger partial charge in [0.05, 0.1) is 10.6 Å². The normalized spacial score (nSPS) is 14.9. The van der Waals surface area contributed by atoms with Crippen molar-refractivity contribution >= 4 is 40.3 Å². The van der Waals surface area contributed by atoms with Crippen LogP contribution in [0, 0.1) is 0 Å². The van der Waals surface area contributed by atoms with Gasteiger partial charge in [-0.1, -0.05) is 72.5 Å². The van der Waals surface area contributed by atoms with Gasteiger partial charge >= 0.3 is 0 Å². The SMILES string of the molecule is O=C1C(=Cc2cn(-c3ccccc3)nc2-c2ccncc2)SC(=S)N1CCc1ccccc1. The van der Waals surface area contributed by atoms with Gasteiger partial charge in [-0.2, -0.15) is 5.10 Å². The molecule has 162 valence electrons. The number of hydrogen-bond acceptors (Lipinski definition) is 5. The van der Waals surface area contributed by atoms with E-state index < -0.39 is 0 Å². The summed E-state index contributed by atoms with van der Waals surface area (Å²) in [5.74, 6) is -0.0610. The number of hydrogen-bond donors (Lipinski definition) is 0. The van der Waals surface area contributed by atoms with E-state index >= 15 is 0 Å². The zero-order valence-corrected chi connectivity index (χ0v) is 19.3. The summed E-state index contributed by atoms with van der Waals surface area (Å²) in [5.41, 5.74) is 4.71. The maximum Gasteiger partial charge on any atom is 0.266 e. The number of para-hydroxylation sites is 1. The monoisotopic (exact) mass is 468 g/mol. The number of aromatic nitrogens is 3. The molecule has 2 aromatic heterocycles. The van der Waals surface area contributed by atoms with E-state index in [-0.39, 0.29) is 5.91 Å². The van der Waals surface area contributed by atoms with Crippen LogP contribution < -0.4 is 0 Å². The molecule has 0 bridgehead atoms. The molecule has 4 aromatic rings. The van der Waals surface area contributed by atoms with Crippen LogP contribution >= 0.6 is 24.0 Å². The molecule has 1 aliphatic heterocycles. The van der Waals surface area contributed by atoms with Gasteiger partial charge in [-0.15, -0.1) is 0 Å². The second kappa shape index (κ2) is 9.52. The van der Waals surface area contributed by atoms with Gasteiger partial charge in [-0.25, -0.2) is 4.68 Å². The lowest BCUT2D eigenvalue weighted by Crippen LogP contribution is -2.30. The standard InChI is InChI=1S/C26H20N4OS2/c31-25-23(33-26(32)29(25)16-13-19-7-3-1-4-8-19)17-21-18-30(22-9-5-2-6-10-22)28-24(21)20-11-14-27-15-12-20/h1-12,14-15,17-18H,13,16H2. The third-order valence-corrected chi connectivity index (χ3v) is 6.72. The Morgan fingerprint density at radius 2 is 1.64 bits per heavy atom. The third-order valence-electron chi connectivity index (χ3n) is 5.34. The summed E-state index contributed by atoms with van der Waals surface area (Å²) in [7, 11) is 0. The van der Waals surface area contributed by atoms with Crippen molar-refractivity contribution in [2.75, 3.05) is 6.54 Å². The molecule has 0 unspecified atom stereocenters. The number of amides is 1. The fraction of sp³-hybridized carbons (Fsp3) is 0.0769. The first-order valence-corrected chi connectivity index (χ1v) is 11.8. The highest BCUT2D eigenvalue weighted by molar-refractivity contribution is 8.26. The highest BCUT2D eigenvalue weighted by Gasteiger charge is 2.32. The zero-order valence-electron chi connectivity index (χ0n) is 17.7. The molecule has 1 saturated heterocycles. The molecule has 3 heterocycles. The number of thioether (sulfide) groups is 1. The molecule has 0 saturated carbocycles. The minimum Gasteiger partial charge on any atom is -0.293 e. The summed E-state index contributed by atoms with van der Waals surface area (Å²) in [6.45, 7) is 0.562. The van der Waals surface area contributed by atoms with E-state index in [1.165, 1.54) is 17.3 Å². The van der Waals surface area contributed by atoms with Crippen LogP contribution in [0.5, 0.6) is 0 Å². The summed E-state index contributed by atoms with van der Waals surface area (Å²) < 4.78 is 2.42. The van der Waals surface area contributed by atoms with Gasteiger partial charge in [-0.3, -0.25) is 14.7 Å². The number of thiocarbonyl (C=S) groups is 1. The topological polar surface area (TPSA) is 51.0 Å². The molecular weight excluding hydrogens is 448 g/mol. The average molecular weight is 469 g/mol. The van der Waals surface area contributed by atoms with Crippen molar-refractivity contribution in [1.82, 2.24) is 19.7 Å². The Labute approximate surface area is 201 Å². The van der Waals surface area contributed by atoms with E-state index in [1.54, 1.807) is 17.3 Å². The van der Waals surface area contributed by atoms with Crippen molar-refractivity contribution in [3.8, 4) is 16.9 Å². The lowest BCUT2D eigenvalue weighted by atomic mass is 10.1. The average Bonchev–Trinajstić information content (AvgIpc) is 3.40. The van der Waals surface area contributed by atoms with Crippen LogP contribution in [0.3, 0.4) is 0 Å². The van der Waals surface area contributed by atoms with Gasteiger partial charge in [0.2, 0.25) is 0 Å². The first-order chi connectivity index (χ1) is 16.2. The van der Waals surface area contributed by atoms with E-state index in [1.807, 2.05) is 77.6 Å². The van der Waals surface area contributed by atoms with Crippen LogP contribution in [0.4, 0.5) is 0 Å². The molecule has 0 atom stereocenters. The van der Waals surface area contributed by atoms with Crippen LogP contribution in [0.15, 0.2) is 96.3 Å². The highest BCUT2D eigenvalue weighted by atomic mass is 32.2.